The summed E-state index contributed by atoms with van der Waals surface area (Å²) >= 11 is 3.10. The van der Waals surface area contributed by atoms with E-state index < -0.39 is 0 Å². The van der Waals surface area contributed by atoms with Crippen LogP contribution in [0.25, 0.3) is 21.0 Å². The molecule has 0 radical (unpaired) electrons. The Morgan fingerprint density at radius 1 is 1.23 bits per heavy atom. The van der Waals surface area contributed by atoms with Gasteiger partial charge in [0.25, 0.3) is 5.56 Å². The van der Waals surface area contributed by atoms with Gasteiger partial charge < -0.3 is 10.3 Å². The van der Waals surface area contributed by atoms with Gasteiger partial charge in [0.2, 0.25) is 5.91 Å². The topological polar surface area (TPSA) is 74.8 Å². The number of thioether (sulfide) groups is 1. The molecule has 1 aliphatic rings. The first-order valence-corrected chi connectivity index (χ1v) is 12.5. The number of carbonyl (C=O) groups is 1. The van der Waals surface area contributed by atoms with Crippen LogP contribution in [0, 0.1) is 0 Å². The monoisotopic (exact) mass is 449 g/mol. The van der Waals surface area contributed by atoms with Gasteiger partial charge in [-0.05, 0) is 48.1 Å². The Bertz CT molecular complexity index is 1340. The lowest BCUT2D eigenvalue weighted by Crippen LogP contribution is -2.28. The van der Waals surface area contributed by atoms with Crippen molar-refractivity contribution in [3.63, 3.8) is 0 Å². The first-order valence-electron chi connectivity index (χ1n) is 10.5. The zero-order valence-corrected chi connectivity index (χ0v) is 18.9. The summed E-state index contributed by atoms with van der Waals surface area (Å²) in [5.74, 6) is 1.43. The number of aromatic nitrogens is 2. The molecule has 7 heteroatoms. The van der Waals surface area contributed by atoms with Crippen LogP contribution in [0.3, 0.4) is 0 Å². The smallest absolute Gasteiger partial charge is 0.259 e. The number of carbonyl (C=O) groups excluding carboxylic acids is 1. The van der Waals surface area contributed by atoms with Crippen molar-refractivity contribution in [3.8, 4) is 0 Å². The first kappa shape index (κ1) is 20.3. The number of benzene rings is 2. The third kappa shape index (κ3) is 4.00. The predicted octanol–water partition coefficient (Wildman–Crippen LogP) is 4.74. The van der Waals surface area contributed by atoms with E-state index in [9.17, 15) is 9.59 Å². The SMILES string of the molecule is CC(NC(=O)CSCc1nc2sc3c(c2c(=O)[nH]1)CCC3)c1cccc2ccccc12. The maximum atomic E-state index is 12.5. The fraction of sp³-hybridized carbons (Fsp3) is 0.292. The maximum Gasteiger partial charge on any atom is 0.259 e. The van der Waals surface area contributed by atoms with E-state index in [1.54, 1.807) is 11.3 Å². The van der Waals surface area contributed by atoms with Gasteiger partial charge in [0.05, 0.1) is 22.9 Å². The zero-order valence-electron chi connectivity index (χ0n) is 17.2. The van der Waals surface area contributed by atoms with Gasteiger partial charge in [0.1, 0.15) is 10.7 Å². The van der Waals surface area contributed by atoms with Crippen molar-refractivity contribution < 1.29 is 4.79 Å². The van der Waals surface area contributed by atoms with Gasteiger partial charge in [0.15, 0.2) is 0 Å². The lowest BCUT2D eigenvalue weighted by atomic mass is 10.00. The average Bonchev–Trinajstić information content (AvgIpc) is 3.34. The summed E-state index contributed by atoms with van der Waals surface area (Å²) in [7, 11) is 0. The van der Waals surface area contributed by atoms with Gasteiger partial charge >= 0.3 is 0 Å². The van der Waals surface area contributed by atoms with Crippen molar-refractivity contribution in [2.24, 2.45) is 0 Å². The summed E-state index contributed by atoms with van der Waals surface area (Å²) in [5, 5.41) is 6.19. The van der Waals surface area contributed by atoms with E-state index in [0.717, 1.165) is 40.4 Å². The van der Waals surface area contributed by atoms with Crippen LogP contribution in [-0.2, 0) is 23.4 Å². The molecule has 4 aromatic rings. The van der Waals surface area contributed by atoms with Gasteiger partial charge in [-0.25, -0.2) is 4.98 Å². The van der Waals surface area contributed by atoms with Crippen molar-refractivity contribution in [3.05, 3.63) is 74.6 Å². The predicted molar refractivity (Wildman–Crippen MR) is 129 cm³/mol. The summed E-state index contributed by atoms with van der Waals surface area (Å²) in [6.45, 7) is 2.01. The number of aryl methyl sites for hydroxylation is 2. The number of aromatic amines is 1. The minimum Gasteiger partial charge on any atom is -0.349 e. The number of nitrogens with one attached hydrogen (secondary N) is 2. The van der Waals surface area contributed by atoms with Crippen LogP contribution in [0.5, 0.6) is 0 Å². The number of H-pyrrole nitrogens is 1. The highest BCUT2D eigenvalue weighted by atomic mass is 32.2. The summed E-state index contributed by atoms with van der Waals surface area (Å²) in [6, 6.07) is 14.3. The largest absolute Gasteiger partial charge is 0.349 e. The molecule has 0 bridgehead atoms. The standard InChI is InChI=1S/C24H23N3O2S2/c1-14(16-9-4-7-15-6-2-3-8-17(15)16)25-21(28)13-30-12-20-26-23(29)22-18-10-5-11-19(18)31-24(22)27-20/h2-4,6-9,14H,5,10-13H2,1H3,(H,25,28)(H,26,27,29). The first-order chi connectivity index (χ1) is 15.1. The molecule has 2 aromatic carbocycles. The lowest BCUT2D eigenvalue weighted by Gasteiger charge is -2.16. The summed E-state index contributed by atoms with van der Waals surface area (Å²) < 4.78 is 0. The number of nitrogens with zero attached hydrogens (tertiary/aromatic N) is 1. The Morgan fingerprint density at radius 2 is 2.06 bits per heavy atom. The number of rotatable bonds is 6. The van der Waals surface area contributed by atoms with E-state index in [-0.39, 0.29) is 17.5 Å². The molecule has 31 heavy (non-hydrogen) atoms. The molecule has 0 saturated heterocycles. The van der Waals surface area contributed by atoms with E-state index in [2.05, 4.69) is 39.6 Å². The molecule has 2 aromatic heterocycles. The number of thiophene rings is 1. The molecule has 0 fully saturated rings. The van der Waals surface area contributed by atoms with Gasteiger partial charge in [-0.1, -0.05) is 42.5 Å². The molecule has 0 saturated carbocycles. The average molecular weight is 450 g/mol. The van der Waals surface area contributed by atoms with Crippen molar-refractivity contribution in [1.82, 2.24) is 15.3 Å². The Morgan fingerprint density at radius 3 is 2.97 bits per heavy atom. The van der Waals surface area contributed by atoms with E-state index in [0.29, 0.717) is 17.3 Å². The Labute approximate surface area is 188 Å². The molecule has 0 spiro atoms. The van der Waals surface area contributed by atoms with Crippen molar-refractivity contribution in [2.75, 3.05) is 5.75 Å². The summed E-state index contributed by atoms with van der Waals surface area (Å²) in [4.78, 5) is 34.8. The van der Waals surface area contributed by atoms with Crippen LogP contribution in [0.15, 0.2) is 47.3 Å². The normalized spacial score (nSPS) is 14.1. The molecule has 1 unspecified atom stereocenters. The van der Waals surface area contributed by atoms with E-state index in [1.807, 2.05) is 25.1 Å². The second kappa shape index (κ2) is 8.48. The number of hydrogen-bond acceptors (Lipinski definition) is 5. The molecule has 1 amide bonds. The molecule has 1 atom stereocenters. The Kier molecular flexibility index (Phi) is 5.54. The van der Waals surface area contributed by atoms with Crippen LogP contribution in [0.2, 0.25) is 0 Å². The fourth-order valence-electron chi connectivity index (χ4n) is 4.34. The molecule has 158 valence electrons. The second-order valence-corrected chi connectivity index (χ2v) is 9.97. The number of hydrogen-bond donors (Lipinski definition) is 2. The lowest BCUT2D eigenvalue weighted by molar-refractivity contribution is -0.119. The molecule has 1 aliphatic carbocycles. The van der Waals surface area contributed by atoms with Crippen LogP contribution in [0.1, 0.15) is 41.2 Å². The van der Waals surface area contributed by atoms with Crippen LogP contribution in [0.4, 0.5) is 0 Å². The molecular formula is C24H23N3O2S2. The van der Waals surface area contributed by atoms with Crippen LogP contribution >= 0.6 is 23.1 Å². The van der Waals surface area contributed by atoms with Gasteiger partial charge in [0, 0.05) is 4.88 Å². The maximum absolute atomic E-state index is 12.5. The third-order valence-electron chi connectivity index (χ3n) is 5.76. The summed E-state index contributed by atoms with van der Waals surface area (Å²) in [6.07, 6.45) is 3.15. The minimum atomic E-state index is -0.0815. The third-order valence-corrected chi connectivity index (χ3v) is 7.89. The van der Waals surface area contributed by atoms with Gasteiger partial charge in [-0.3, -0.25) is 9.59 Å². The van der Waals surface area contributed by atoms with Gasteiger partial charge in [-0.15, -0.1) is 23.1 Å². The highest BCUT2D eigenvalue weighted by Crippen LogP contribution is 2.34. The number of fused-ring (bicyclic) bond motifs is 4. The minimum absolute atomic E-state index is 0.0241. The highest BCUT2D eigenvalue weighted by Gasteiger charge is 2.21. The fourth-order valence-corrected chi connectivity index (χ4v) is 6.33. The van der Waals surface area contributed by atoms with Crippen LogP contribution in [-0.4, -0.2) is 21.6 Å². The molecule has 2 heterocycles. The van der Waals surface area contributed by atoms with Crippen molar-refractivity contribution >= 4 is 50.0 Å². The quantitative estimate of drug-likeness (QED) is 0.446. The van der Waals surface area contributed by atoms with E-state index >= 15 is 0 Å². The molecular weight excluding hydrogens is 426 g/mol. The number of amides is 1. The molecule has 0 aliphatic heterocycles. The molecule has 5 rings (SSSR count). The summed E-state index contributed by atoms with van der Waals surface area (Å²) in [5.41, 5.74) is 2.25. The molecule has 5 nitrogen and oxygen atoms in total. The molecule has 2 N–H and O–H groups in total. The van der Waals surface area contributed by atoms with E-state index in [1.165, 1.54) is 27.6 Å². The second-order valence-electron chi connectivity index (χ2n) is 7.90. The Balaban J connectivity index is 1.22. The van der Waals surface area contributed by atoms with Gasteiger partial charge in [-0.2, -0.15) is 0 Å². The Hall–Kier alpha value is -2.64. The van der Waals surface area contributed by atoms with Crippen molar-refractivity contribution in [1.29, 1.82) is 0 Å². The zero-order chi connectivity index (χ0) is 21.4. The highest BCUT2D eigenvalue weighted by molar-refractivity contribution is 7.99. The van der Waals surface area contributed by atoms with Crippen molar-refractivity contribution in [2.45, 2.75) is 38.0 Å². The van der Waals surface area contributed by atoms with E-state index in [4.69, 9.17) is 0 Å². The van der Waals surface area contributed by atoms with Crippen LogP contribution < -0.4 is 10.9 Å².